The third kappa shape index (κ3) is 5.57. The molecule has 0 saturated heterocycles. The van der Waals surface area contributed by atoms with Gasteiger partial charge < -0.3 is 21.3 Å². The van der Waals surface area contributed by atoms with Gasteiger partial charge in [-0.25, -0.2) is 0 Å². The van der Waals surface area contributed by atoms with Crippen LogP contribution in [0, 0.1) is 5.92 Å². The predicted octanol–water partition coefficient (Wildman–Crippen LogP) is -0.864. The summed E-state index contributed by atoms with van der Waals surface area (Å²) in [5.74, 6) is -2.44. The van der Waals surface area contributed by atoms with E-state index in [1.165, 1.54) is 0 Å². The highest BCUT2D eigenvalue weighted by molar-refractivity contribution is 5.76. The lowest BCUT2D eigenvalue weighted by Crippen LogP contribution is -2.48. The number of amides is 1. The van der Waals surface area contributed by atoms with Crippen LogP contribution in [0.15, 0.2) is 0 Å². The highest BCUT2D eigenvalue weighted by Crippen LogP contribution is 2.03. The summed E-state index contributed by atoms with van der Waals surface area (Å²) in [6.45, 7) is 3.79. The van der Waals surface area contributed by atoms with Crippen LogP contribution >= 0.6 is 0 Å². The van der Waals surface area contributed by atoms with Crippen molar-refractivity contribution in [1.29, 1.82) is 0 Å². The third-order valence-electron chi connectivity index (χ3n) is 1.77. The van der Waals surface area contributed by atoms with E-state index in [9.17, 15) is 4.79 Å². The number of hydrogen-bond acceptors (Lipinski definition) is 4. The van der Waals surface area contributed by atoms with Gasteiger partial charge in [-0.15, -0.1) is 0 Å². The molecule has 0 radical (unpaired) electrons. The molecular formula is C8H18N2O3. The van der Waals surface area contributed by atoms with E-state index in [1.807, 2.05) is 6.92 Å². The first-order valence-corrected chi connectivity index (χ1v) is 4.37. The van der Waals surface area contributed by atoms with Crippen molar-refractivity contribution in [3.63, 3.8) is 0 Å². The molecule has 0 rings (SSSR count). The lowest BCUT2D eigenvalue weighted by atomic mass is 10.1. The summed E-state index contributed by atoms with van der Waals surface area (Å²) >= 11 is 0. The highest BCUT2D eigenvalue weighted by Gasteiger charge is 2.23. The molecule has 0 aromatic heterocycles. The smallest absolute Gasteiger partial charge is 0.246 e. The van der Waals surface area contributed by atoms with Crippen LogP contribution in [0.1, 0.15) is 26.7 Å². The van der Waals surface area contributed by atoms with Gasteiger partial charge in [-0.1, -0.05) is 13.8 Å². The van der Waals surface area contributed by atoms with Crippen molar-refractivity contribution in [3.8, 4) is 0 Å². The second kappa shape index (κ2) is 5.16. The number of rotatable bonds is 5. The zero-order valence-corrected chi connectivity index (χ0v) is 8.08. The topological polar surface area (TPSA) is 95.6 Å². The minimum atomic E-state index is -2.09. The fraction of sp³-hybridized carbons (Fsp3) is 0.875. The van der Waals surface area contributed by atoms with E-state index in [0.717, 1.165) is 0 Å². The van der Waals surface area contributed by atoms with Gasteiger partial charge in [0.2, 0.25) is 11.8 Å². The van der Waals surface area contributed by atoms with Crippen molar-refractivity contribution >= 4 is 5.91 Å². The molecule has 0 aliphatic heterocycles. The van der Waals surface area contributed by atoms with E-state index in [-0.39, 0.29) is 18.8 Å². The van der Waals surface area contributed by atoms with E-state index in [4.69, 9.17) is 15.9 Å². The van der Waals surface area contributed by atoms with Gasteiger partial charge in [-0.05, 0) is 12.5 Å². The van der Waals surface area contributed by atoms with Crippen LogP contribution in [-0.4, -0.2) is 28.6 Å². The lowest BCUT2D eigenvalue weighted by Gasteiger charge is -2.21. The molecule has 5 N–H and O–H groups in total. The highest BCUT2D eigenvalue weighted by atomic mass is 16.5. The summed E-state index contributed by atoms with van der Waals surface area (Å²) in [4.78, 5) is 11.1. The number of carbonyl (C=O) groups is 1. The number of aliphatic hydroxyl groups is 2. The molecule has 0 aromatic carbocycles. The average Bonchev–Trinajstić information content (AvgIpc) is 2.03. The van der Waals surface area contributed by atoms with Crippen molar-refractivity contribution in [2.45, 2.75) is 32.6 Å². The van der Waals surface area contributed by atoms with Gasteiger partial charge in [-0.2, -0.15) is 0 Å². The molecule has 5 heteroatoms. The molecule has 1 unspecified atom stereocenters. The van der Waals surface area contributed by atoms with Crippen LogP contribution in [0.3, 0.4) is 0 Å². The molecule has 5 nitrogen and oxygen atoms in total. The fourth-order valence-electron chi connectivity index (χ4n) is 0.763. The molecule has 0 spiro atoms. The van der Waals surface area contributed by atoms with Crippen molar-refractivity contribution < 1.29 is 15.0 Å². The Morgan fingerprint density at radius 1 is 1.62 bits per heavy atom. The molecule has 0 aromatic rings. The Morgan fingerprint density at radius 2 is 2.15 bits per heavy atom. The summed E-state index contributed by atoms with van der Waals surface area (Å²) in [7, 11) is 0. The third-order valence-corrected chi connectivity index (χ3v) is 1.77. The number of carbonyl (C=O) groups excluding carboxylic acids is 1. The van der Waals surface area contributed by atoms with Crippen molar-refractivity contribution in [2.75, 3.05) is 6.54 Å². The largest absolute Gasteiger partial charge is 0.349 e. The van der Waals surface area contributed by atoms with Gasteiger partial charge in [0, 0.05) is 12.8 Å². The first kappa shape index (κ1) is 12.3. The van der Waals surface area contributed by atoms with E-state index >= 15 is 0 Å². The number of hydrogen-bond donors (Lipinski definition) is 4. The minimum absolute atomic E-state index is 0.0488. The Hall–Kier alpha value is -0.650. The second-order valence-corrected chi connectivity index (χ2v) is 3.26. The van der Waals surface area contributed by atoms with Gasteiger partial charge in [0.25, 0.3) is 0 Å². The normalized spacial score (nSPS) is 13.9. The van der Waals surface area contributed by atoms with Gasteiger partial charge >= 0.3 is 0 Å². The van der Waals surface area contributed by atoms with Gasteiger partial charge in [0.1, 0.15) is 0 Å². The minimum Gasteiger partial charge on any atom is -0.349 e. The Morgan fingerprint density at radius 3 is 2.54 bits per heavy atom. The first-order chi connectivity index (χ1) is 5.91. The number of nitrogens with one attached hydrogen (secondary N) is 1. The maximum Gasteiger partial charge on any atom is 0.246 e. The monoisotopic (exact) mass is 190 g/mol. The molecule has 0 aliphatic rings. The first-order valence-electron chi connectivity index (χ1n) is 4.37. The summed E-state index contributed by atoms with van der Waals surface area (Å²) in [6.07, 6.45) is 0.259. The Balaban J connectivity index is 3.87. The molecule has 0 saturated carbocycles. The van der Waals surface area contributed by atoms with E-state index in [2.05, 4.69) is 5.32 Å². The molecule has 1 atom stereocenters. The van der Waals surface area contributed by atoms with Crippen molar-refractivity contribution in [1.82, 2.24) is 5.32 Å². The standard InChI is InChI=1S/C8H18N2O3/c1-3-8(12,13)10-7(11)4-6(2)5-9/h6,12-13H,3-5,9H2,1-2H3,(H,10,11). The molecule has 0 aliphatic carbocycles. The van der Waals surface area contributed by atoms with Crippen LogP contribution in [0.4, 0.5) is 0 Å². The van der Waals surface area contributed by atoms with E-state index in [0.29, 0.717) is 6.54 Å². The molecule has 0 fully saturated rings. The summed E-state index contributed by atoms with van der Waals surface area (Å²) in [6, 6.07) is 0. The quantitative estimate of drug-likeness (QED) is 0.424. The molecular weight excluding hydrogens is 172 g/mol. The second-order valence-electron chi connectivity index (χ2n) is 3.26. The van der Waals surface area contributed by atoms with Crippen molar-refractivity contribution in [3.05, 3.63) is 0 Å². The molecule has 78 valence electrons. The van der Waals surface area contributed by atoms with Crippen LogP contribution in [0.2, 0.25) is 0 Å². The average molecular weight is 190 g/mol. The fourth-order valence-corrected chi connectivity index (χ4v) is 0.763. The predicted molar refractivity (Wildman–Crippen MR) is 48.4 cm³/mol. The Bertz CT molecular complexity index is 171. The van der Waals surface area contributed by atoms with Crippen LogP contribution in [-0.2, 0) is 4.79 Å². The Kier molecular flexibility index (Phi) is 4.90. The van der Waals surface area contributed by atoms with Crippen molar-refractivity contribution in [2.24, 2.45) is 11.7 Å². The zero-order valence-electron chi connectivity index (χ0n) is 8.08. The molecule has 0 bridgehead atoms. The van der Waals surface area contributed by atoms with Gasteiger partial charge in [0.15, 0.2) is 0 Å². The van der Waals surface area contributed by atoms with Gasteiger partial charge in [-0.3, -0.25) is 4.79 Å². The van der Waals surface area contributed by atoms with Crippen LogP contribution in [0.5, 0.6) is 0 Å². The number of nitrogens with two attached hydrogens (primary N) is 1. The molecule has 1 amide bonds. The Labute approximate surface area is 77.9 Å². The SMILES string of the molecule is CCC(O)(O)NC(=O)CC(C)CN. The van der Waals surface area contributed by atoms with Crippen LogP contribution in [0.25, 0.3) is 0 Å². The zero-order chi connectivity index (χ0) is 10.5. The lowest BCUT2D eigenvalue weighted by molar-refractivity contribution is -0.191. The summed E-state index contributed by atoms with van der Waals surface area (Å²) in [5.41, 5.74) is 5.31. The maximum atomic E-state index is 11.1. The molecule has 0 heterocycles. The van der Waals surface area contributed by atoms with E-state index in [1.54, 1.807) is 6.92 Å². The van der Waals surface area contributed by atoms with Crippen LogP contribution < -0.4 is 11.1 Å². The summed E-state index contributed by atoms with van der Waals surface area (Å²) < 4.78 is 0. The maximum absolute atomic E-state index is 11.1. The van der Waals surface area contributed by atoms with Gasteiger partial charge in [0.05, 0.1) is 0 Å². The summed E-state index contributed by atoms with van der Waals surface area (Å²) in [5, 5.41) is 20.2. The molecule has 13 heavy (non-hydrogen) atoms. The van der Waals surface area contributed by atoms with E-state index < -0.39 is 11.8 Å².